The molecule has 0 radical (unpaired) electrons. The summed E-state index contributed by atoms with van der Waals surface area (Å²) >= 11 is 0. The maximum absolute atomic E-state index is 17.4. The lowest BCUT2D eigenvalue weighted by Gasteiger charge is -2.29. The fourth-order valence-electron chi connectivity index (χ4n) is 21.2. The first-order valence-corrected chi connectivity index (χ1v) is 55.4. The average Bonchev–Trinajstić information content (AvgIpc) is 1.53. The van der Waals surface area contributed by atoms with Gasteiger partial charge >= 0.3 is 0 Å². The zero-order valence-electron chi connectivity index (χ0n) is 79.1. The number of hydrogen-bond donors (Lipinski definition) is 0. The Bertz CT molecular complexity index is 9410. The van der Waals surface area contributed by atoms with Crippen LogP contribution in [0.2, 0.25) is 39.3 Å². The van der Waals surface area contributed by atoms with Crippen molar-refractivity contribution in [3.63, 3.8) is 0 Å². The Morgan fingerprint density at radius 2 is 0.465 bits per heavy atom. The number of halogens is 2. The predicted molar refractivity (Wildman–Crippen MR) is 598 cm³/mol. The smallest absolute Gasteiger partial charge is 0.159 e. The maximum atomic E-state index is 17.4. The molecule has 0 unspecified atom stereocenters. The van der Waals surface area contributed by atoms with Gasteiger partial charge in [0, 0.05) is 111 Å². The van der Waals surface area contributed by atoms with Crippen molar-refractivity contribution in [2.75, 3.05) is 19.6 Å². The van der Waals surface area contributed by atoms with Crippen LogP contribution in [0.25, 0.3) is 175 Å². The molecule has 0 fully saturated rings. The Labute approximate surface area is 822 Å². The van der Waals surface area contributed by atoms with Crippen LogP contribution in [-0.4, -0.2) is 16.1 Å². The van der Waals surface area contributed by atoms with Crippen LogP contribution in [0.5, 0.6) is 0 Å². The molecule has 680 valence electrons. The molecule has 0 N–H and O–H groups in total. The molecule has 0 aliphatic heterocycles. The lowest BCUT2D eigenvalue weighted by atomic mass is 9.94. The molecule has 26 rings (SSSR count). The van der Waals surface area contributed by atoms with Crippen LogP contribution in [0.1, 0.15) is 0 Å². The first kappa shape index (κ1) is 86.2. The summed E-state index contributed by atoms with van der Waals surface area (Å²) in [5, 5.41) is 19.8. The second-order valence-electron chi connectivity index (χ2n) is 38.8. The van der Waals surface area contributed by atoms with E-state index in [1.54, 1.807) is 12.1 Å². The Morgan fingerprint density at radius 3 is 0.845 bits per heavy atom. The van der Waals surface area contributed by atoms with E-state index in [-0.39, 0.29) is 11.6 Å². The molecule has 26 aromatic rings. The number of para-hydroxylation sites is 6. The second kappa shape index (κ2) is 34.9. The molecule has 8 nitrogen and oxygen atoms in total. The molecule has 0 saturated carbocycles. The van der Waals surface area contributed by atoms with Crippen LogP contribution in [0.4, 0.5) is 77.0 Å². The van der Waals surface area contributed by atoms with Crippen LogP contribution in [0.15, 0.2) is 479 Å². The molecule has 0 spiro atoms. The molecule has 0 saturated heterocycles. The molecule has 0 amide bonds. The van der Waals surface area contributed by atoms with Gasteiger partial charge in [0.05, 0.1) is 50.3 Å². The van der Waals surface area contributed by atoms with E-state index in [9.17, 15) is 0 Å². The minimum absolute atomic E-state index is 0.343. The zero-order valence-corrected chi connectivity index (χ0v) is 81.1. The van der Waals surface area contributed by atoms with Crippen molar-refractivity contribution >= 4 is 226 Å². The fourth-order valence-corrected chi connectivity index (χ4v) is 23.5. The van der Waals surface area contributed by atoms with Crippen LogP contribution in [-0.2, 0) is 0 Å². The van der Waals surface area contributed by atoms with E-state index in [0.29, 0.717) is 17.0 Å². The molecular weight excluding hydrogens is 1780 g/mol. The van der Waals surface area contributed by atoms with Gasteiger partial charge in [-0.15, -0.1) is 0 Å². The summed E-state index contributed by atoms with van der Waals surface area (Å²) in [6.07, 6.45) is 0. The molecule has 0 aliphatic rings. The van der Waals surface area contributed by atoms with Gasteiger partial charge in [-0.3, -0.25) is 0 Å². The third kappa shape index (κ3) is 15.1. The van der Waals surface area contributed by atoms with Gasteiger partial charge < -0.3 is 37.3 Å². The highest BCUT2D eigenvalue weighted by Gasteiger charge is 2.32. The molecule has 22 aromatic carbocycles. The van der Waals surface area contributed by atoms with Gasteiger partial charge in [0.2, 0.25) is 0 Å². The summed E-state index contributed by atoms with van der Waals surface area (Å²) in [7, 11) is -3.09. The molecule has 0 atom stereocenters. The Morgan fingerprint density at radius 1 is 0.183 bits per heavy atom. The lowest BCUT2D eigenvalue weighted by molar-refractivity contribution is 0.629. The third-order valence-corrected chi connectivity index (χ3v) is 32.2. The second-order valence-corrected chi connectivity index (χ2v) is 49.0. The summed E-state index contributed by atoms with van der Waals surface area (Å²) < 4.78 is 62.5. The van der Waals surface area contributed by atoms with Gasteiger partial charge in [0.1, 0.15) is 45.1 Å². The molecule has 142 heavy (non-hydrogen) atoms. The monoisotopic (exact) mass is 1870 g/mol. The summed E-state index contributed by atoms with van der Waals surface area (Å²) in [5.74, 6) is -0.695. The van der Waals surface area contributed by atoms with Gasteiger partial charge in [-0.1, -0.05) is 341 Å². The highest BCUT2D eigenvalue weighted by Crippen LogP contribution is 2.54. The first-order valence-electron chi connectivity index (χ1n) is 48.4. The molecular formula is C130H94F2N4O4Si2. The van der Waals surface area contributed by atoms with Crippen molar-refractivity contribution in [1.29, 1.82) is 0 Å². The quantitative estimate of drug-likeness (QED) is 0.0622. The van der Waals surface area contributed by atoms with Gasteiger partial charge in [-0.2, -0.15) is 0 Å². The lowest BCUT2D eigenvalue weighted by Crippen LogP contribution is -2.37. The van der Waals surface area contributed by atoms with Crippen molar-refractivity contribution in [2.24, 2.45) is 0 Å². The Balaban J connectivity index is 0.000000149. The normalized spacial score (nSPS) is 11.9. The summed E-state index contributed by atoms with van der Waals surface area (Å²) in [4.78, 5) is 8.70. The van der Waals surface area contributed by atoms with Crippen LogP contribution in [0, 0.1) is 11.6 Å². The van der Waals surface area contributed by atoms with Crippen molar-refractivity contribution in [3.8, 4) is 44.5 Å². The fraction of sp³-hybridized carbons (Fsp3) is 0.0462. The van der Waals surface area contributed by atoms with Gasteiger partial charge in [0.25, 0.3) is 0 Å². The van der Waals surface area contributed by atoms with E-state index >= 15 is 8.78 Å². The third-order valence-electron chi connectivity index (χ3n) is 28.1. The number of furan rings is 4. The van der Waals surface area contributed by atoms with Crippen molar-refractivity contribution in [1.82, 2.24) is 0 Å². The zero-order chi connectivity index (χ0) is 95.6. The van der Waals surface area contributed by atoms with Crippen LogP contribution >= 0.6 is 0 Å². The molecule has 4 heterocycles. The highest BCUT2D eigenvalue weighted by molar-refractivity contribution is 6.89. The minimum Gasteiger partial charge on any atom is -0.455 e. The van der Waals surface area contributed by atoms with E-state index in [2.05, 4.69) is 298 Å². The number of nitrogens with zero attached hydrogens (tertiary/aromatic N) is 4. The summed E-state index contributed by atoms with van der Waals surface area (Å²) in [5.41, 5.74) is 23.5. The largest absolute Gasteiger partial charge is 0.455 e. The van der Waals surface area contributed by atoms with Crippen molar-refractivity contribution in [2.45, 2.75) is 39.3 Å². The van der Waals surface area contributed by atoms with E-state index in [4.69, 9.17) is 17.7 Å². The average molecular weight is 1870 g/mol. The number of fused-ring (bicyclic) bond motifs is 22. The van der Waals surface area contributed by atoms with Gasteiger partial charge in [-0.05, 0) is 223 Å². The standard InChI is InChI=1S/C68H44F2N2O.C62H50N2O3Si2/c69-62-41-49(45-21-7-1-8-22-45)39-59(47-25-11-3-12-26-47)66(62)71(51-29-15-5-16-30-51)53-35-37-57-61(43-53)55-33-19-20-34-56(55)65-58-38-36-54(44-64(58)73-68(57)65)72(52-31-17-6-18-32-52)67-60(48-27-13-4-14-28-48)40-50(42-63(67)70)46-23-9-2-10-24-46;1-68(2,3)43-31-25-39(26-32-43)63(54-21-13-19-49-46-16-9-11-23-56(46)65-60(49)54)41-29-35-51-53(37-41)45-15-7-8-18-48(45)59-52-36-30-42(38-58(52)67-62(51)59)64(40-27-33-44(34-28-40)69(4,5)6)55-22-14-20-50-47-17-10-12-24-57(47)66-61(50)55/h1-44H;7-38H,1-6H3. The summed E-state index contributed by atoms with van der Waals surface area (Å²) in [6, 6.07) is 158. The topological polar surface area (TPSA) is 65.5 Å². The number of rotatable bonds is 18. The Kier molecular flexibility index (Phi) is 21.2. The van der Waals surface area contributed by atoms with E-state index in [1.165, 1.54) is 15.8 Å². The summed E-state index contributed by atoms with van der Waals surface area (Å²) in [6.45, 7) is 14.4. The van der Waals surface area contributed by atoms with Gasteiger partial charge in [0.15, 0.2) is 11.2 Å². The van der Waals surface area contributed by atoms with E-state index in [1.807, 2.05) is 210 Å². The highest BCUT2D eigenvalue weighted by atomic mass is 28.3. The first-order chi connectivity index (χ1) is 69.5. The number of anilines is 12. The van der Waals surface area contributed by atoms with Crippen LogP contribution < -0.4 is 30.0 Å². The number of benzene rings is 22. The van der Waals surface area contributed by atoms with E-state index in [0.717, 1.165) is 221 Å². The SMILES string of the molecule is C[Si](C)(C)c1ccc(N(c2ccc3c(c2)oc2c4ccc(N(c5ccc([Si](C)(C)C)cc5)c5cccc6c5oc5ccccc56)cc4c4ccccc4c32)c2cccc3c2oc2ccccc23)cc1.Fc1cc(-c2ccccc2)cc(-c2ccccc2)c1N(c1ccccc1)c1ccc2c(c1)oc1c3ccc(N(c4ccccc4)c4c(F)cc(-c5ccccc5)cc4-c4ccccc4)cc3c3ccccc3c21. The Hall–Kier alpha value is -17.4. The maximum Gasteiger partial charge on any atom is 0.159 e. The van der Waals surface area contributed by atoms with E-state index < -0.39 is 16.1 Å². The van der Waals surface area contributed by atoms with Crippen molar-refractivity contribution in [3.05, 3.63) is 473 Å². The minimum atomic E-state index is -1.55. The van der Waals surface area contributed by atoms with Crippen molar-refractivity contribution < 1.29 is 26.4 Å². The van der Waals surface area contributed by atoms with Crippen LogP contribution in [0.3, 0.4) is 0 Å². The number of hydrogen-bond acceptors (Lipinski definition) is 8. The van der Waals surface area contributed by atoms with Gasteiger partial charge in [-0.25, -0.2) is 8.78 Å². The molecule has 4 aromatic heterocycles. The molecule has 12 heteroatoms. The predicted octanol–water partition coefficient (Wildman–Crippen LogP) is 37.5. The molecule has 0 aliphatic carbocycles. The molecule has 0 bridgehead atoms.